The van der Waals surface area contributed by atoms with Gasteiger partial charge in [0.05, 0.1) is 18.8 Å². The Balaban J connectivity index is 1.36. The van der Waals surface area contributed by atoms with Gasteiger partial charge in [0.1, 0.15) is 12.4 Å². The minimum atomic E-state index is -0.0222. The number of rotatable bonds is 4. The Morgan fingerprint density at radius 3 is 3.16 bits per heavy atom. The monoisotopic (exact) mass is 337 g/mol. The number of nitrogens with zero attached hydrogens (tertiary/aromatic N) is 3. The van der Waals surface area contributed by atoms with Crippen molar-refractivity contribution >= 4 is 16.9 Å². The van der Waals surface area contributed by atoms with Crippen molar-refractivity contribution in [2.75, 3.05) is 19.7 Å². The van der Waals surface area contributed by atoms with Gasteiger partial charge in [-0.25, -0.2) is 4.98 Å². The third kappa shape index (κ3) is 3.46. The molecule has 0 spiro atoms. The second-order valence-electron chi connectivity index (χ2n) is 6.02. The van der Waals surface area contributed by atoms with E-state index in [-0.39, 0.29) is 5.91 Å². The lowest BCUT2D eigenvalue weighted by atomic mass is 10.2. The number of hydrogen-bond acceptors (Lipinski definition) is 5. The summed E-state index contributed by atoms with van der Waals surface area (Å²) in [5, 5.41) is 10.9. The number of ether oxygens (including phenoxy) is 1. The summed E-state index contributed by atoms with van der Waals surface area (Å²) in [6.45, 7) is 2.75. The van der Waals surface area contributed by atoms with Crippen LogP contribution in [0.1, 0.15) is 11.3 Å². The summed E-state index contributed by atoms with van der Waals surface area (Å²) in [4.78, 5) is 18.6. The molecule has 25 heavy (non-hydrogen) atoms. The minimum absolute atomic E-state index is 0.0222. The van der Waals surface area contributed by atoms with Crippen LogP contribution in [0, 0.1) is 0 Å². The van der Waals surface area contributed by atoms with Crippen molar-refractivity contribution in [2.45, 2.75) is 13.1 Å². The topological polar surface area (TPSA) is 83.1 Å². The number of aromatic nitrogens is 3. The third-order valence-electron chi connectivity index (χ3n) is 4.27. The predicted octanol–water partition coefficient (Wildman–Crippen LogP) is 1.47. The highest BCUT2D eigenvalue weighted by Gasteiger charge is 2.17. The molecule has 0 unspecified atom stereocenters. The fourth-order valence-corrected chi connectivity index (χ4v) is 3.00. The zero-order chi connectivity index (χ0) is 17.1. The third-order valence-corrected chi connectivity index (χ3v) is 4.27. The van der Waals surface area contributed by atoms with E-state index in [0.717, 1.165) is 28.9 Å². The van der Waals surface area contributed by atoms with Crippen LogP contribution in [0.3, 0.4) is 0 Å². The molecule has 0 bridgehead atoms. The molecule has 2 aromatic heterocycles. The summed E-state index contributed by atoms with van der Waals surface area (Å²) < 4.78 is 5.73. The Hall–Kier alpha value is -2.93. The first-order valence-electron chi connectivity index (χ1n) is 8.27. The van der Waals surface area contributed by atoms with Crippen LogP contribution in [0.4, 0.5) is 0 Å². The molecule has 3 aromatic rings. The van der Waals surface area contributed by atoms with Crippen molar-refractivity contribution in [3.8, 4) is 5.75 Å². The van der Waals surface area contributed by atoms with Crippen molar-refractivity contribution in [1.29, 1.82) is 0 Å². The van der Waals surface area contributed by atoms with Crippen molar-refractivity contribution in [3.05, 3.63) is 53.9 Å². The molecule has 1 aromatic carbocycles. The number of para-hydroxylation sites is 1. The van der Waals surface area contributed by atoms with Gasteiger partial charge in [-0.15, -0.1) is 0 Å². The van der Waals surface area contributed by atoms with Gasteiger partial charge in [0.15, 0.2) is 5.65 Å². The number of H-pyrrole nitrogens is 1. The Kier molecular flexibility index (Phi) is 4.30. The highest BCUT2D eigenvalue weighted by molar-refractivity contribution is 5.80. The quantitative estimate of drug-likeness (QED) is 0.753. The van der Waals surface area contributed by atoms with Gasteiger partial charge < -0.3 is 10.1 Å². The molecule has 1 amide bonds. The minimum Gasteiger partial charge on any atom is -0.492 e. The van der Waals surface area contributed by atoms with Crippen molar-refractivity contribution < 1.29 is 9.53 Å². The second-order valence-corrected chi connectivity index (χ2v) is 6.02. The molecular weight excluding hydrogens is 318 g/mol. The molecular formula is C18H19N5O2. The van der Waals surface area contributed by atoms with E-state index in [1.54, 1.807) is 6.20 Å². The Bertz CT molecular complexity index is 892. The molecule has 0 saturated carbocycles. The Morgan fingerprint density at radius 2 is 2.20 bits per heavy atom. The average Bonchev–Trinajstić information content (AvgIpc) is 2.93. The molecule has 0 atom stereocenters. The summed E-state index contributed by atoms with van der Waals surface area (Å²) in [5.74, 6) is 0.882. The smallest absolute Gasteiger partial charge is 0.234 e. The highest BCUT2D eigenvalue weighted by Crippen LogP contribution is 2.22. The zero-order valence-electron chi connectivity index (χ0n) is 13.7. The molecule has 7 nitrogen and oxygen atoms in total. The van der Waals surface area contributed by atoms with Crippen LogP contribution < -0.4 is 10.1 Å². The summed E-state index contributed by atoms with van der Waals surface area (Å²) >= 11 is 0. The molecule has 2 N–H and O–H groups in total. The lowest BCUT2D eigenvalue weighted by molar-refractivity contribution is -0.122. The van der Waals surface area contributed by atoms with E-state index in [2.05, 4.69) is 25.4 Å². The van der Waals surface area contributed by atoms with Crippen LogP contribution >= 0.6 is 0 Å². The number of amides is 1. The number of carbonyl (C=O) groups excluding carboxylic acids is 1. The van der Waals surface area contributed by atoms with Crippen LogP contribution in [-0.4, -0.2) is 45.7 Å². The maximum atomic E-state index is 12.3. The standard InChI is InChI=1S/C18H19N5O2/c24-17(20-10-15-14-5-3-7-19-18(14)22-21-15)12-23-8-9-25-16-6-2-1-4-13(16)11-23/h1-7H,8-12H2,(H,20,24)(H,19,21,22). The van der Waals surface area contributed by atoms with E-state index in [1.807, 2.05) is 36.4 Å². The van der Waals surface area contributed by atoms with Crippen LogP contribution in [0.2, 0.25) is 0 Å². The van der Waals surface area contributed by atoms with Crippen molar-refractivity contribution in [3.63, 3.8) is 0 Å². The first kappa shape index (κ1) is 15.6. The number of carbonyl (C=O) groups is 1. The van der Waals surface area contributed by atoms with Gasteiger partial charge in [-0.1, -0.05) is 18.2 Å². The first-order chi connectivity index (χ1) is 12.3. The normalized spacial score (nSPS) is 14.6. The van der Waals surface area contributed by atoms with Gasteiger partial charge in [0, 0.05) is 30.2 Å². The summed E-state index contributed by atoms with van der Waals surface area (Å²) in [6.07, 6.45) is 1.70. The molecule has 0 aliphatic carbocycles. The fraction of sp³-hybridized carbons (Fsp3) is 0.278. The molecule has 0 saturated heterocycles. The van der Waals surface area contributed by atoms with Gasteiger partial charge in [-0.3, -0.25) is 14.8 Å². The van der Waals surface area contributed by atoms with E-state index in [1.165, 1.54) is 0 Å². The number of nitrogens with one attached hydrogen (secondary N) is 2. The van der Waals surface area contributed by atoms with E-state index in [4.69, 9.17) is 4.74 Å². The van der Waals surface area contributed by atoms with E-state index >= 15 is 0 Å². The van der Waals surface area contributed by atoms with Gasteiger partial charge in [0.2, 0.25) is 5.91 Å². The van der Waals surface area contributed by atoms with Gasteiger partial charge in [-0.2, -0.15) is 5.10 Å². The number of pyridine rings is 1. The molecule has 128 valence electrons. The van der Waals surface area contributed by atoms with E-state index in [0.29, 0.717) is 31.9 Å². The molecule has 1 aliphatic rings. The SMILES string of the molecule is O=C(CN1CCOc2ccccc2C1)NCc1[nH]nc2ncccc12. The number of aromatic amines is 1. The van der Waals surface area contributed by atoms with Crippen LogP contribution in [0.15, 0.2) is 42.6 Å². The number of hydrogen-bond donors (Lipinski definition) is 2. The maximum absolute atomic E-state index is 12.3. The van der Waals surface area contributed by atoms with Gasteiger partial charge in [0.25, 0.3) is 0 Å². The van der Waals surface area contributed by atoms with Crippen LogP contribution in [0.25, 0.3) is 11.0 Å². The Morgan fingerprint density at radius 1 is 1.28 bits per heavy atom. The number of benzene rings is 1. The van der Waals surface area contributed by atoms with Gasteiger partial charge >= 0.3 is 0 Å². The lowest BCUT2D eigenvalue weighted by Crippen LogP contribution is -2.37. The van der Waals surface area contributed by atoms with Crippen LogP contribution in [-0.2, 0) is 17.9 Å². The highest BCUT2D eigenvalue weighted by atomic mass is 16.5. The summed E-state index contributed by atoms with van der Waals surface area (Å²) in [7, 11) is 0. The van der Waals surface area contributed by atoms with Crippen molar-refractivity contribution in [1.82, 2.24) is 25.4 Å². The number of fused-ring (bicyclic) bond motifs is 2. The molecule has 7 heteroatoms. The van der Waals surface area contributed by atoms with E-state index < -0.39 is 0 Å². The zero-order valence-corrected chi connectivity index (χ0v) is 13.7. The molecule has 0 radical (unpaired) electrons. The van der Waals surface area contributed by atoms with E-state index in [9.17, 15) is 4.79 Å². The molecule has 1 aliphatic heterocycles. The molecule has 4 rings (SSSR count). The second kappa shape index (κ2) is 6.90. The Labute approximate surface area is 145 Å². The predicted molar refractivity (Wildman–Crippen MR) is 92.9 cm³/mol. The summed E-state index contributed by atoms with van der Waals surface area (Å²) in [6, 6.07) is 11.8. The average molecular weight is 337 g/mol. The molecule has 3 heterocycles. The fourth-order valence-electron chi connectivity index (χ4n) is 3.00. The van der Waals surface area contributed by atoms with Crippen molar-refractivity contribution in [2.24, 2.45) is 0 Å². The van der Waals surface area contributed by atoms with Crippen LogP contribution in [0.5, 0.6) is 5.75 Å². The van der Waals surface area contributed by atoms with Gasteiger partial charge in [-0.05, 0) is 18.2 Å². The molecule has 0 fully saturated rings. The lowest BCUT2D eigenvalue weighted by Gasteiger charge is -2.18. The maximum Gasteiger partial charge on any atom is 0.234 e. The first-order valence-corrected chi connectivity index (χ1v) is 8.27. The largest absolute Gasteiger partial charge is 0.492 e. The summed E-state index contributed by atoms with van der Waals surface area (Å²) in [5.41, 5.74) is 2.63.